The van der Waals surface area contributed by atoms with Gasteiger partial charge in [0, 0.05) is 0 Å². The molecule has 3 heteroatoms. The van der Waals surface area contributed by atoms with Crippen molar-refractivity contribution in [2.75, 3.05) is 26.3 Å². The van der Waals surface area contributed by atoms with E-state index < -0.39 is 0 Å². The van der Waals surface area contributed by atoms with Gasteiger partial charge in [0.2, 0.25) is 0 Å². The van der Waals surface area contributed by atoms with Crippen molar-refractivity contribution < 1.29 is 9.84 Å². The van der Waals surface area contributed by atoms with Crippen molar-refractivity contribution in [2.45, 2.75) is 25.0 Å². The third-order valence-corrected chi connectivity index (χ3v) is 2.63. The highest BCUT2D eigenvalue weighted by Crippen LogP contribution is 2.18. The monoisotopic (exact) mass is 157 g/mol. The van der Waals surface area contributed by atoms with E-state index in [0.29, 0.717) is 6.61 Å². The maximum atomic E-state index is 9.48. The smallest absolute Gasteiger partial charge is 0.0950 e. The number of hydrogen-bond donors (Lipinski definition) is 1. The Labute approximate surface area is 66.9 Å². The Hall–Kier alpha value is -0.120. The van der Waals surface area contributed by atoms with Gasteiger partial charge in [-0.1, -0.05) is 0 Å². The Bertz CT molecular complexity index is 134. The van der Waals surface area contributed by atoms with Crippen LogP contribution in [0, 0.1) is 0 Å². The molecule has 2 rings (SSSR count). The second-order valence-corrected chi connectivity index (χ2v) is 3.42. The van der Waals surface area contributed by atoms with Crippen LogP contribution in [0.1, 0.15) is 12.8 Å². The minimum atomic E-state index is -0.243. The van der Waals surface area contributed by atoms with Crippen molar-refractivity contribution in [1.82, 2.24) is 4.90 Å². The molecular formula is C8H15NO2. The predicted octanol–water partition coefficient (Wildman–Crippen LogP) is -0.158. The third-order valence-electron chi connectivity index (χ3n) is 2.63. The Kier molecular flexibility index (Phi) is 2.11. The summed E-state index contributed by atoms with van der Waals surface area (Å²) in [6.07, 6.45) is 2.32. The van der Waals surface area contributed by atoms with Gasteiger partial charge in [-0.3, -0.25) is 4.90 Å². The molecule has 2 fully saturated rings. The van der Waals surface area contributed by atoms with Gasteiger partial charge in [-0.25, -0.2) is 0 Å². The number of aliphatic hydroxyl groups excluding tert-OH is 1. The molecule has 0 spiro atoms. The summed E-state index contributed by atoms with van der Waals surface area (Å²) >= 11 is 0. The molecule has 0 saturated carbocycles. The second-order valence-electron chi connectivity index (χ2n) is 3.42. The molecule has 0 aliphatic carbocycles. The number of hydrogen-bond acceptors (Lipinski definition) is 3. The number of likely N-dealkylation sites (tertiary alicyclic amines) is 1. The molecule has 0 radical (unpaired) electrons. The fraction of sp³-hybridized carbons (Fsp3) is 1.00. The number of aliphatic hydroxyl groups is 1. The molecule has 2 aliphatic heterocycles. The van der Waals surface area contributed by atoms with Crippen molar-refractivity contribution in [3.8, 4) is 0 Å². The van der Waals surface area contributed by atoms with Crippen LogP contribution in [-0.2, 0) is 4.74 Å². The first-order chi connectivity index (χ1) is 5.38. The molecule has 0 aromatic carbocycles. The molecule has 1 N–H and O–H groups in total. The van der Waals surface area contributed by atoms with E-state index in [1.165, 1.54) is 12.8 Å². The molecule has 2 aliphatic rings. The molecule has 0 amide bonds. The van der Waals surface area contributed by atoms with Gasteiger partial charge in [-0.2, -0.15) is 0 Å². The molecule has 2 atom stereocenters. The normalized spacial score (nSPS) is 40.1. The lowest BCUT2D eigenvalue weighted by Gasteiger charge is -2.24. The van der Waals surface area contributed by atoms with Gasteiger partial charge >= 0.3 is 0 Å². The van der Waals surface area contributed by atoms with Gasteiger partial charge in [-0.05, 0) is 25.9 Å². The Morgan fingerprint density at radius 1 is 1.18 bits per heavy atom. The minimum Gasteiger partial charge on any atom is -0.389 e. The van der Waals surface area contributed by atoms with E-state index in [-0.39, 0.29) is 12.1 Å². The largest absolute Gasteiger partial charge is 0.389 e. The zero-order chi connectivity index (χ0) is 7.68. The van der Waals surface area contributed by atoms with Crippen LogP contribution < -0.4 is 0 Å². The van der Waals surface area contributed by atoms with Gasteiger partial charge in [-0.15, -0.1) is 0 Å². The molecule has 0 aromatic rings. The minimum absolute atomic E-state index is 0.243. The van der Waals surface area contributed by atoms with Crippen molar-refractivity contribution in [2.24, 2.45) is 0 Å². The van der Waals surface area contributed by atoms with Crippen LogP contribution in [0.2, 0.25) is 0 Å². The number of rotatable bonds is 1. The van der Waals surface area contributed by atoms with Crippen molar-refractivity contribution in [1.29, 1.82) is 0 Å². The van der Waals surface area contributed by atoms with E-state index in [4.69, 9.17) is 4.74 Å². The zero-order valence-electron chi connectivity index (χ0n) is 6.70. The first-order valence-corrected chi connectivity index (χ1v) is 4.38. The van der Waals surface area contributed by atoms with Crippen LogP contribution in [0.4, 0.5) is 0 Å². The molecule has 2 saturated heterocycles. The molecule has 11 heavy (non-hydrogen) atoms. The summed E-state index contributed by atoms with van der Waals surface area (Å²) in [5.41, 5.74) is 0. The lowest BCUT2D eigenvalue weighted by molar-refractivity contribution is 0.0948. The van der Waals surface area contributed by atoms with Gasteiger partial charge in [0.25, 0.3) is 0 Å². The van der Waals surface area contributed by atoms with Gasteiger partial charge < -0.3 is 9.84 Å². The maximum Gasteiger partial charge on any atom is 0.0950 e. The van der Waals surface area contributed by atoms with E-state index >= 15 is 0 Å². The molecule has 0 bridgehead atoms. The quantitative estimate of drug-likeness (QED) is 0.574. The lowest BCUT2D eigenvalue weighted by atomic mass is 10.2. The standard InChI is InChI=1S/C8H15NO2/c10-8-6-11-5-7(8)9-3-1-2-4-9/h7-8,10H,1-6H2/t7-,8-/m1/s1. The summed E-state index contributed by atoms with van der Waals surface area (Å²) in [7, 11) is 0. The molecular weight excluding hydrogens is 142 g/mol. The average molecular weight is 157 g/mol. The van der Waals surface area contributed by atoms with Crippen LogP contribution in [0.15, 0.2) is 0 Å². The summed E-state index contributed by atoms with van der Waals surface area (Å²) in [4.78, 5) is 2.34. The lowest BCUT2D eigenvalue weighted by Crippen LogP contribution is -2.41. The van der Waals surface area contributed by atoms with E-state index in [1.807, 2.05) is 0 Å². The van der Waals surface area contributed by atoms with Crippen LogP contribution in [0.5, 0.6) is 0 Å². The van der Waals surface area contributed by atoms with E-state index in [0.717, 1.165) is 19.7 Å². The highest BCUT2D eigenvalue weighted by atomic mass is 16.5. The zero-order valence-corrected chi connectivity index (χ0v) is 6.70. The predicted molar refractivity (Wildman–Crippen MR) is 41.4 cm³/mol. The highest BCUT2D eigenvalue weighted by Gasteiger charge is 2.32. The van der Waals surface area contributed by atoms with Crippen LogP contribution in [0.25, 0.3) is 0 Å². The summed E-state index contributed by atoms with van der Waals surface area (Å²) < 4.78 is 5.19. The summed E-state index contributed by atoms with van der Waals surface area (Å²) in [5, 5.41) is 9.48. The SMILES string of the molecule is O[C@@H]1COC[C@H]1N1CCCC1. The Balaban J connectivity index is 1.92. The fourth-order valence-electron chi connectivity index (χ4n) is 1.95. The summed E-state index contributed by atoms with van der Waals surface area (Å²) in [5.74, 6) is 0. The number of nitrogens with zero attached hydrogens (tertiary/aromatic N) is 1. The van der Waals surface area contributed by atoms with E-state index in [9.17, 15) is 5.11 Å². The van der Waals surface area contributed by atoms with Gasteiger partial charge in [0.1, 0.15) is 0 Å². The van der Waals surface area contributed by atoms with Gasteiger partial charge in [0.15, 0.2) is 0 Å². The first-order valence-electron chi connectivity index (χ1n) is 4.38. The Morgan fingerprint density at radius 2 is 1.91 bits per heavy atom. The topological polar surface area (TPSA) is 32.7 Å². The summed E-state index contributed by atoms with van der Waals surface area (Å²) in [6.45, 7) is 3.54. The van der Waals surface area contributed by atoms with E-state index in [1.54, 1.807) is 0 Å². The first kappa shape index (κ1) is 7.53. The molecule has 2 heterocycles. The van der Waals surface area contributed by atoms with Crippen LogP contribution in [0.3, 0.4) is 0 Å². The third kappa shape index (κ3) is 1.41. The van der Waals surface area contributed by atoms with Crippen molar-refractivity contribution >= 4 is 0 Å². The molecule has 0 aromatic heterocycles. The average Bonchev–Trinajstić information content (AvgIpc) is 2.55. The second kappa shape index (κ2) is 3.09. The van der Waals surface area contributed by atoms with Crippen LogP contribution >= 0.6 is 0 Å². The van der Waals surface area contributed by atoms with Crippen molar-refractivity contribution in [3.05, 3.63) is 0 Å². The van der Waals surface area contributed by atoms with Gasteiger partial charge in [0.05, 0.1) is 25.4 Å². The molecule has 64 valence electrons. The molecule has 0 unspecified atom stereocenters. The van der Waals surface area contributed by atoms with Crippen LogP contribution in [-0.4, -0.2) is 48.5 Å². The van der Waals surface area contributed by atoms with E-state index in [2.05, 4.69) is 4.90 Å². The fourth-order valence-corrected chi connectivity index (χ4v) is 1.95. The summed E-state index contributed by atoms with van der Waals surface area (Å²) in [6, 6.07) is 0.289. The number of ether oxygens (including phenoxy) is 1. The highest BCUT2D eigenvalue weighted by molar-refractivity contribution is 4.85. The van der Waals surface area contributed by atoms with Crippen molar-refractivity contribution in [3.63, 3.8) is 0 Å². The maximum absolute atomic E-state index is 9.48. The molecule has 3 nitrogen and oxygen atoms in total. The Morgan fingerprint density at radius 3 is 2.45 bits per heavy atom.